The molecule has 1 N–H and O–H groups in total. The van der Waals surface area contributed by atoms with E-state index in [2.05, 4.69) is 0 Å². The summed E-state index contributed by atoms with van der Waals surface area (Å²) in [7, 11) is 0. The Labute approximate surface area is 93.1 Å². The molecule has 6 heteroatoms. The van der Waals surface area contributed by atoms with Crippen LogP contribution in [0.4, 0.5) is 0 Å². The van der Waals surface area contributed by atoms with E-state index in [0.29, 0.717) is 39.1 Å². The number of carboxylic acid groups (broad SMARTS) is 1. The van der Waals surface area contributed by atoms with Gasteiger partial charge in [-0.15, -0.1) is 0 Å². The molecule has 2 rings (SSSR count). The Morgan fingerprint density at radius 2 is 1.75 bits per heavy atom. The summed E-state index contributed by atoms with van der Waals surface area (Å²) in [5.74, 6) is -1.09. The molecule has 0 aliphatic carbocycles. The average molecular weight is 229 g/mol. The fraction of sp³-hybridized carbons (Fsp3) is 0.800. The van der Waals surface area contributed by atoms with Gasteiger partial charge in [0.15, 0.2) is 6.10 Å². The van der Waals surface area contributed by atoms with Crippen molar-refractivity contribution in [1.29, 1.82) is 0 Å². The molecule has 2 fully saturated rings. The van der Waals surface area contributed by atoms with Crippen molar-refractivity contribution in [3.05, 3.63) is 0 Å². The minimum absolute atomic E-state index is 0.105. The molecule has 0 aromatic carbocycles. The third-order valence-electron chi connectivity index (χ3n) is 2.89. The van der Waals surface area contributed by atoms with Gasteiger partial charge in [0.1, 0.15) is 6.10 Å². The lowest BCUT2D eigenvalue weighted by Gasteiger charge is -2.28. The van der Waals surface area contributed by atoms with Gasteiger partial charge in [0.25, 0.3) is 5.91 Å². The Hall–Kier alpha value is -1.14. The number of aliphatic carboxylic acids is 1. The van der Waals surface area contributed by atoms with Gasteiger partial charge >= 0.3 is 5.97 Å². The van der Waals surface area contributed by atoms with Crippen LogP contribution in [-0.2, 0) is 19.1 Å². The molecule has 2 saturated heterocycles. The molecule has 0 saturated carbocycles. The molecule has 2 aliphatic heterocycles. The summed E-state index contributed by atoms with van der Waals surface area (Å²) in [6, 6.07) is 0. The van der Waals surface area contributed by atoms with Crippen LogP contribution in [-0.4, -0.2) is 60.4 Å². The number of carbonyl (C=O) groups is 2. The molecule has 0 aromatic heterocycles. The zero-order valence-electron chi connectivity index (χ0n) is 8.92. The van der Waals surface area contributed by atoms with Crippen LogP contribution in [0.5, 0.6) is 0 Å². The maximum absolute atomic E-state index is 11.9. The number of hydrogen-bond donors (Lipinski definition) is 1. The monoisotopic (exact) mass is 229 g/mol. The van der Waals surface area contributed by atoms with Crippen LogP contribution in [0, 0.1) is 0 Å². The molecule has 0 bridgehead atoms. The zero-order valence-corrected chi connectivity index (χ0v) is 8.92. The Kier molecular flexibility index (Phi) is 3.40. The van der Waals surface area contributed by atoms with Crippen molar-refractivity contribution < 1.29 is 24.2 Å². The number of rotatable bonds is 2. The van der Waals surface area contributed by atoms with Crippen molar-refractivity contribution in [2.45, 2.75) is 25.0 Å². The van der Waals surface area contributed by atoms with Gasteiger partial charge in [0.05, 0.1) is 13.2 Å². The van der Waals surface area contributed by atoms with Crippen LogP contribution in [0.25, 0.3) is 0 Å². The molecule has 6 nitrogen and oxygen atoms in total. The highest BCUT2D eigenvalue weighted by Crippen LogP contribution is 2.21. The molecule has 2 unspecified atom stereocenters. The van der Waals surface area contributed by atoms with E-state index in [1.807, 2.05) is 0 Å². The van der Waals surface area contributed by atoms with Gasteiger partial charge in [-0.25, -0.2) is 4.79 Å². The quantitative estimate of drug-likeness (QED) is 0.689. The standard InChI is InChI=1S/C10H15NO5/c12-9(11-3-5-15-6-4-11)7-1-2-8(16-7)10(13)14/h7-8H,1-6H2,(H,13,14). The molecule has 2 heterocycles. The largest absolute Gasteiger partial charge is 0.479 e. The topological polar surface area (TPSA) is 76.1 Å². The number of carbonyl (C=O) groups excluding carboxylic acids is 1. The fourth-order valence-electron chi connectivity index (χ4n) is 1.99. The molecule has 0 spiro atoms. The number of ether oxygens (including phenoxy) is 2. The summed E-state index contributed by atoms with van der Waals surface area (Å²) in [6.45, 7) is 2.22. The first-order chi connectivity index (χ1) is 7.68. The van der Waals surface area contributed by atoms with E-state index in [4.69, 9.17) is 14.6 Å². The number of morpholine rings is 1. The SMILES string of the molecule is O=C(O)C1CCC(C(=O)N2CCOCC2)O1. The third kappa shape index (κ3) is 2.33. The lowest BCUT2D eigenvalue weighted by molar-refractivity contribution is -0.156. The fourth-order valence-corrected chi connectivity index (χ4v) is 1.99. The van der Waals surface area contributed by atoms with Crippen LogP contribution < -0.4 is 0 Å². The number of hydrogen-bond acceptors (Lipinski definition) is 4. The van der Waals surface area contributed by atoms with E-state index < -0.39 is 18.2 Å². The highest BCUT2D eigenvalue weighted by Gasteiger charge is 2.36. The lowest BCUT2D eigenvalue weighted by atomic mass is 10.2. The van der Waals surface area contributed by atoms with Crippen molar-refractivity contribution in [2.24, 2.45) is 0 Å². The third-order valence-corrected chi connectivity index (χ3v) is 2.89. The zero-order chi connectivity index (χ0) is 11.5. The molecule has 1 amide bonds. The predicted octanol–water partition coefficient (Wildman–Crippen LogP) is -0.523. The van der Waals surface area contributed by atoms with Crippen LogP contribution in [0.15, 0.2) is 0 Å². The van der Waals surface area contributed by atoms with Gasteiger partial charge < -0.3 is 19.5 Å². The number of nitrogens with zero attached hydrogens (tertiary/aromatic N) is 1. The van der Waals surface area contributed by atoms with E-state index in [0.717, 1.165) is 0 Å². The Bertz CT molecular complexity index is 287. The lowest BCUT2D eigenvalue weighted by Crippen LogP contribution is -2.45. The molecule has 2 aliphatic rings. The summed E-state index contributed by atoms with van der Waals surface area (Å²) in [6.07, 6.45) is -0.502. The van der Waals surface area contributed by atoms with Crippen LogP contribution in [0.3, 0.4) is 0 Å². The van der Waals surface area contributed by atoms with Gasteiger partial charge in [-0.3, -0.25) is 4.79 Å². The van der Waals surface area contributed by atoms with E-state index in [9.17, 15) is 9.59 Å². The second kappa shape index (κ2) is 4.80. The van der Waals surface area contributed by atoms with Gasteiger partial charge in [0.2, 0.25) is 0 Å². The van der Waals surface area contributed by atoms with Crippen LogP contribution in [0.2, 0.25) is 0 Å². The summed E-state index contributed by atoms with van der Waals surface area (Å²) >= 11 is 0. The van der Waals surface area contributed by atoms with Gasteiger partial charge in [-0.05, 0) is 12.8 Å². The van der Waals surface area contributed by atoms with Crippen molar-refractivity contribution >= 4 is 11.9 Å². The van der Waals surface area contributed by atoms with Crippen molar-refractivity contribution in [3.8, 4) is 0 Å². The number of carboxylic acids is 1. The van der Waals surface area contributed by atoms with Crippen molar-refractivity contribution in [3.63, 3.8) is 0 Å². The first kappa shape index (κ1) is 11.3. The summed E-state index contributed by atoms with van der Waals surface area (Å²) in [4.78, 5) is 24.3. The molecule has 16 heavy (non-hydrogen) atoms. The first-order valence-electron chi connectivity index (χ1n) is 5.43. The molecular formula is C10H15NO5. The Morgan fingerprint density at radius 3 is 2.31 bits per heavy atom. The smallest absolute Gasteiger partial charge is 0.332 e. The average Bonchev–Trinajstić information content (AvgIpc) is 2.78. The summed E-state index contributed by atoms with van der Waals surface area (Å²) < 4.78 is 10.3. The molecule has 2 atom stereocenters. The Morgan fingerprint density at radius 1 is 1.12 bits per heavy atom. The van der Waals surface area contributed by atoms with Crippen LogP contribution >= 0.6 is 0 Å². The van der Waals surface area contributed by atoms with Gasteiger partial charge in [-0.1, -0.05) is 0 Å². The molecular weight excluding hydrogens is 214 g/mol. The highest BCUT2D eigenvalue weighted by molar-refractivity contribution is 5.82. The van der Waals surface area contributed by atoms with E-state index in [-0.39, 0.29) is 5.91 Å². The minimum atomic E-state index is -0.989. The van der Waals surface area contributed by atoms with Gasteiger partial charge in [0, 0.05) is 13.1 Å². The Balaban J connectivity index is 1.88. The maximum atomic E-state index is 11.9. The summed E-state index contributed by atoms with van der Waals surface area (Å²) in [5, 5.41) is 8.75. The van der Waals surface area contributed by atoms with Crippen molar-refractivity contribution in [2.75, 3.05) is 26.3 Å². The second-order valence-corrected chi connectivity index (χ2v) is 3.97. The number of amides is 1. The van der Waals surface area contributed by atoms with E-state index >= 15 is 0 Å². The minimum Gasteiger partial charge on any atom is -0.479 e. The predicted molar refractivity (Wildman–Crippen MR) is 52.9 cm³/mol. The summed E-state index contributed by atoms with van der Waals surface area (Å²) in [5.41, 5.74) is 0. The second-order valence-electron chi connectivity index (χ2n) is 3.97. The van der Waals surface area contributed by atoms with Crippen LogP contribution in [0.1, 0.15) is 12.8 Å². The highest BCUT2D eigenvalue weighted by atomic mass is 16.5. The van der Waals surface area contributed by atoms with Crippen molar-refractivity contribution in [1.82, 2.24) is 4.90 Å². The maximum Gasteiger partial charge on any atom is 0.332 e. The van der Waals surface area contributed by atoms with E-state index in [1.165, 1.54) is 0 Å². The van der Waals surface area contributed by atoms with E-state index in [1.54, 1.807) is 4.90 Å². The normalized spacial score (nSPS) is 30.4. The first-order valence-corrected chi connectivity index (χ1v) is 5.43. The van der Waals surface area contributed by atoms with Gasteiger partial charge in [-0.2, -0.15) is 0 Å². The molecule has 90 valence electrons. The molecule has 0 aromatic rings. The molecule has 0 radical (unpaired) electrons.